The van der Waals surface area contributed by atoms with Crippen molar-refractivity contribution in [3.05, 3.63) is 11.2 Å². The summed E-state index contributed by atoms with van der Waals surface area (Å²) in [7, 11) is 0. The maximum Gasteiger partial charge on any atom is 0.184 e. The summed E-state index contributed by atoms with van der Waals surface area (Å²) in [5.41, 5.74) is 0. The van der Waals surface area contributed by atoms with E-state index in [0.717, 1.165) is 5.41 Å². The number of allylic oxidation sites excluding steroid dienone is 1. The maximum absolute atomic E-state index is 9.37. The lowest BCUT2D eigenvalue weighted by Crippen LogP contribution is -1.74. The van der Waals surface area contributed by atoms with Crippen molar-refractivity contribution in [1.82, 2.24) is 0 Å². The monoisotopic (exact) mass is 104 g/mol. The number of carbonyl (C=O) groups excluding carboxylic acids is 1. The van der Waals surface area contributed by atoms with Crippen LogP contribution in [0.1, 0.15) is 0 Å². The number of hydrogen-bond donors (Lipinski definition) is 2. The molecule has 0 aromatic heterocycles. The molecule has 0 aromatic rings. The third kappa shape index (κ3) is 1.84. The van der Waals surface area contributed by atoms with Crippen LogP contribution in [-0.4, -0.2) is 11.4 Å². The SMILES string of the molecule is O=C/C(O)=C/S. The molecule has 0 aromatic carbocycles. The lowest BCUT2D eigenvalue weighted by Gasteiger charge is -1.73. The fourth-order valence-electron chi connectivity index (χ4n) is 0.0304. The molecule has 0 aliphatic rings. The first-order valence-corrected chi connectivity index (χ1v) is 1.81. The van der Waals surface area contributed by atoms with E-state index in [9.17, 15) is 4.79 Å². The number of aldehydes is 1. The summed E-state index contributed by atoms with van der Waals surface area (Å²) >= 11 is 3.45. The van der Waals surface area contributed by atoms with Crippen molar-refractivity contribution in [1.29, 1.82) is 0 Å². The highest BCUT2D eigenvalue weighted by atomic mass is 32.1. The number of carbonyl (C=O) groups is 1. The molecule has 0 aliphatic carbocycles. The first-order valence-electron chi connectivity index (χ1n) is 1.29. The largest absolute Gasteiger partial charge is 0.504 e. The van der Waals surface area contributed by atoms with Crippen LogP contribution in [-0.2, 0) is 4.79 Å². The average Bonchev–Trinajstić information content (AvgIpc) is 1.65. The van der Waals surface area contributed by atoms with E-state index in [4.69, 9.17) is 5.11 Å². The third-order valence-electron chi connectivity index (χ3n) is 0.253. The minimum atomic E-state index is -0.349. The molecule has 0 saturated carbocycles. The number of aliphatic hydroxyl groups is 1. The van der Waals surface area contributed by atoms with Gasteiger partial charge in [0.25, 0.3) is 0 Å². The van der Waals surface area contributed by atoms with Gasteiger partial charge in [0.2, 0.25) is 0 Å². The van der Waals surface area contributed by atoms with Gasteiger partial charge >= 0.3 is 0 Å². The number of rotatable bonds is 1. The molecule has 2 nitrogen and oxygen atoms in total. The van der Waals surface area contributed by atoms with Gasteiger partial charge in [-0.1, -0.05) is 0 Å². The Morgan fingerprint density at radius 2 is 2.33 bits per heavy atom. The van der Waals surface area contributed by atoms with E-state index < -0.39 is 0 Å². The molecule has 0 bridgehead atoms. The predicted molar refractivity (Wildman–Crippen MR) is 25.8 cm³/mol. The molecule has 0 heterocycles. The normalized spacial score (nSPS) is 11.2. The van der Waals surface area contributed by atoms with Gasteiger partial charge in [0.1, 0.15) is 0 Å². The van der Waals surface area contributed by atoms with Crippen LogP contribution < -0.4 is 0 Å². The van der Waals surface area contributed by atoms with Crippen LogP contribution in [0.15, 0.2) is 11.2 Å². The van der Waals surface area contributed by atoms with Gasteiger partial charge in [0, 0.05) is 5.41 Å². The Morgan fingerprint density at radius 3 is 2.33 bits per heavy atom. The molecule has 0 radical (unpaired) electrons. The Morgan fingerprint density at radius 1 is 1.83 bits per heavy atom. The Bertz CT molecular complexity index is 76.9. The van der Waals surface area contributed by atoms with E-state index in [2.05, 4.69) is 12.6 Å². The van der Waals surface area contributed by atoms with Gasteiger partial charge in [-0.25, -0.2) is 0 Å². The zero-order chi connectivity index (χ0) is 4.99. The van der Waals surface area contributed by atoms with Crippen LogP contribution in [0, 0.1) is 0 Å². The number of thiol groups is 1. The van der Waals surface area contributed by atoms with Crippen molar-refractivity contribution >= 4 is 18.9 Å². The molecular formula is C3H4O2S. The van der Waals surface area contributed by atoms with Crippen LogP contribution in [0.2, 0.25) is 0 Å². The molecule has 1 N–H and O–H groups in total. The predicted octanol–water partition coefficient (Wildman–Crippen LogP) is 0.514. The summed E-state index contributed by atoms with van der Waals surface area (Å²) in [6, 6.07) is 0. The molecule has 0 atom stereocenters. The smallest absolute Gasteiger partial charge is 0.184 e. The molecule has 0 spiro atoms. The second kappa shape index (κ2) is 2.78. The first-order chi connectivity index (χ1) is 2.81. The summed E-state index contributed by atoms with van der Waals surface area (Å²) in [6.07, 6.45) is 0.312. The van der Waals surface area contributed by atoms with Gasteiger partial charge in [0.15, 0.2) is 12.0 Å². The summed E-state index contributed by atoms with van der Waals surface area (Å²) in [5, 5.41) is 9.10. The molecule has 34 valence electrons. The van der Waals surface area contributed by atoms with Crippen molar-refractivity contribution in [2.75, 3.05) is 0 Å². The van der Waals surface area contributed by atoms with Gasteiger partial charge in [-0.15, -0.1) is 12.6 Å². The fraction of sp³-hybridized carbons (Fsp3) is 0. The van der Waals surface area contributed by atoms with E-state index >= 15 is 0 Å². The van der Waals surface area contributed by atoms with Gasteiger partial charge in [-0.05, 0) is 0 Å². The molecular weight excluding hydrogens is 100 g/mol. The molecule has 0 unspecified atom stereocenters. The van der Waals surface area contributed by atoms with E-state index in [1.54, 1.807) is 0 Å². The molecule has 0 fully saturated rings. The molecule has 0 rings (SSSR count). The highest BCUT2D eigenvalue weighted by Gasteiger charge is 1.76. The molecule has 3 heteroatoms. The van der Waals surface area contributed by atoms with E-state index in [0.29, 0.717) is 6.29 Å². The average molecular weight is 104 g/mol. The Labute approximate surface area is 40.9 Å². The van der Waals surface area contributed by atoms with Gasteiger partial charge < -0.3 is 5.11 Å². The summed E-state index contributed by atoms with van der Waals surface area (Å²) in [5.74, 6) is -0.349. The minimum absolute atomic E-state index is 0.312. The summed E-state index contributed by atoms with van der Waals surface area (Å²) < 4.78 is 0. The Kier molecular flexibility index (Phi) is 2.58. The molecule has 0 aliphatic heterocycles. The van der Waals surface area contributed by atoms with Gasteiger partial charge in [-0.2, -0.15) is 0 Å². The van der Waals surface area contributed by atoms with Gasteiger partial charge in [0.05, 0.1) is 0 Å². The quantitative estimate of drug-likeness (QED) is 0.220. The lowest BCUT2D eigenvalue weighted by atomic mass is 10.7. The first kappa shape index (κ1) is 5.56. The van der Waals surface area contributed by atoms with Crippen molar-refractivity contribution in [2.24, 2.45) is 0 Å². The molecule has 0 amide bonds. The van der Waals surface area contributed by atoms with Crippen molar-refractivity contribution in [3.63, 3.8) is 0 Å². The summed E-state index contributed by atoms with van der Waals surface area (Å²) in [4.78, 5) is 9.37. The van der Waals surface area contributed by atoms with Crippen LogP contribution >= 0.6 is 12.6 Å². The van der Waals surface area contributed by atoms with Crippen LogP contribution in [0.25, 0.3) is 0 Å². The van der Waals surface area contributed by atoms with E-state index in [1.165, 1.54) is 0 Å². The van der Waals surface area contributed by atoms with Crippen LogP contribution in [0.5, 0.6) is 0 Å². The second-order valence-corrected chi connectivity index (χ2v) is 0.930. The Balaban J connectivity index is 3.50. The summed E-state index contributed by atoms with van der Waals surface area (Å²) in [6.45, 7) is 0. The topological polar surface area (TPSA) is 37.3 Å². The van der Waals surface area contributed by atoms with Crippen molar-refractivity contribution in [2.45, 2.75) is 0 Å². The second-order valence-electron chi connectivity index (χ2n) is 0.672. The van der Waals surface area contributed by atoms with Crippen molar-refractivity contribution < 1.29 is 9.90 Å². The van der Waals surface area contributed by atoms with E-state index in [-0.39, 0.29) is 5.76 Å². The lowest BCUT2D eigenvalue weighted by molar-refractivity contribution is -0.106. The van der Waals surface area contributed by atoms with E-state index in [1.807, 2.05) is 0 Å². The number of aliphatic hydroxyl groups excluding tert-OH is 1. The fourth-order valence-corrected chi connectivity index (χ4v) is 0.0913. The van der Waals surface area contributed by atoms with Gasteiger partial charge in [-0.3, -0.25) is 4.79 Å². The molecule has 0 saturated heterocycles. The third-order valence-corrected chi connectivity index (χ3v) is 0.518. The molecule has 6 heavy (non-hydrogen) atoms. The van der Waals surface area contributed by atoms with Crippen molar-refractivity contribution in [3.8, 4) is 0 Å². The standard InChI is InChI=1S/C3H4O2S/c4-1-3(5)2-6/h1-2,5-6H/b3-2-. The highest BCUT2D eigenvalue weighted by Crippen LogP contribution is 1.81. The minimum Gasteiger partial charge on any atom is -0.504 e. The maximum atomic E-state index is 9.37. The van der Waals surface area contributed by atoms with Crippen LogP contribution in [0.3, 0.4) is 0 Å². The zero-order valence-electron chi connectivity index (χ0n) is 2.96. The number of hydrogen-bond acceptors (Lipinski definition) is 3. The zero-order valence-corrected chi connectivity index (χ0v) is 3.85. The van der Waals surface area contributed by atoms with Crippen LogP contribution in [0.4, 0.5) is 0 Å². The highest BCUT2D eigenvalue weighted by molar-refractivity contribution is 7.83. The Hall–Kier alpha value is -0.440.